The molecule has 0 amide bonds. The molecule has 0 atom stereocenters. The summed E-state index contributed by atoms with van der Waals surface area (Å²) in [6, 6.07) is 10.00. The summed E-state index contributed by atoms with van der Waals surface area (Å²) in [6.07, 6.45) is 5.25. The van der Waals surface area contributed by atoms with E-state index < -0.39 is 0 Å². The smallest absolute Gasteiger partial charge is 0.134 e. The zero-order valence-corrected chi connectivity index (χ0v) is 12.0. The van der Waals surface area contributed by atoms with Crippen LogP contribution in [0.4, 0.5) is 0 Å². The van der Waals surface area contributed by atoms with Crippen LogP contribution in [0.15, 0.2) is 47.4 Å². The van der Waals surface area contributed by atoms with Crippen LogP contribution in [0.1, 0.15) is 10.6 Å². The average Bonchev–Trinajstić information content (AvgIpc) is 3.16. The second kappa shape index (κ2) is 5.78. The summed E-state index contributed by atoms with van der Waals surface area (Å²) in [6.45, 7) is 0. The van der Waals surface area contributed by atoms with Crippen LogP contribution in [-0.4, -0.2) is 9.97 Å². The Hall–Kier alpha value is -2.29. The van der Waals surface area contributed by atoms with Gasteiger partial charge in [-0.1, -0.05) is 12.1 Å². The number of nitrogens with zero attached hydrogens (tertiary/aromatic N) is 3. The minimum atomic E-state index is 0.561. The van der Waals surface area contributed by atoms with E-state index >= 15 is 0 Å². The van der Waals surface area contributed by atoms with Crippen LogP contribution in [-0.2, 0) is 0 Å². The van der Waals surface area contributed by atoms with Crippen LogP contribution in [0, 0.1) is 11.3 Å². The normalized spacial score (nSPS) is 11.2. The van der Waals surface area contributed by atoms with Crippen molar-refractivity contribution < 1.29 is 0 Å². The molecule has 0 aliphatic rings. The van der Waals surface area contributed by atoms with Crippen LogP contribution in [0.2, 0.25) is 0 Å². The van der Waals surface area contributed by atoms with Crippen molar-refractivity contribution in [1.82, 2.24) is 9.97 Å². The molecule has 0 saturated carbocycles. The molecule has 3 aromatic rings. The zero-order valence-electron chi connectivity index (χ0n) is 10.4. The lowest BCUT2D eigenvalue weighted by molar-refractivity contribution is 1.32. The average molecular weight is 295 g/mol. The SMILES string of the molecule is N#C/C(=C\c1cccnc1)c1nc(-c2cccs2)cs1. The molecule has 0 aromatic carbocycles. The number of allylic oxidation sites excluding steroid dienone is 1. The first-order valence-corrected chi connectivity index (χ1v) is 7.64. The third kappa shape index (κ3) is 2.67. The molecule has 0 unspecified atom stereocenters. The monoisotopic (exact) mass is 295 g/mol. The van der Waals surface area contributed by atoms with Crippen LogP contribution < -0.4 is 0 Å². The molecule has 96 valence electrons. The van der Waals surface area contributed by atoms with E-state index in [4.69, 9.17) is 0 Å². The lowest BCUT2D eigenvalue weighted by Crippen LogP contribution is -1.82. The largest absolute Gasteiger partial charge is 0.264 e. The second-order valence-corrected chi connectivity index (χ2v) is 5.78. The molecule has 3 rings (SSSR count). The number of pyridine rings is 1. The maximum absolute atomic E-state index is 9.31. The quantitative estimate of drug-likeness (QED) is 0.676. The summed E-state index contributed by atoms with van der Waals surface area (Å²) in [7, 11) is 0. The number of aromatic nitrogens is 2. The minimum Gasteiger partial charge on any atom is -0.264 e. The second-order valence-electron chi connectivity index (χ2n) is 3.97. The van der Waals surface area contributed by atoms with E-state index in [0.717, 1.165) is 21.1 Å². The Morgan fingerprint density at radius 3 is 2.90 bits per heavy atom. The van der Waals surface area contributed by atoms with E-state index in [1.165, 1.54) is 11.3 Å². The van der Waals surface area contributed by atoms with Crippen molar-refractivity contribution in [2.75, 3.05) is 0 Å². The fourth-order valence-electron chi connectivity index (χ4n) is 1.70. The van der Waals surface area contributed by atoms with Crippen LogP contribution in [0.5, 0.6) is 0 Å². The highest BCUT2D eigenvalue weighted by atomic mass is 32.1. The van der Waals surface area contributed by atoms with Crippen LogP contribution >= 0.6 is 22.7 Å². The third-order valence-electron chi connectivity index (χ3n) is 2.62. The molecule has 3 nitrogen and oxygen atoms in total. The maximum Gasteiger partial charge on any atom is 0.134 e. The molecule has 0 spiro atoms. The molecule has 0 saturated heterocycles. The molecular formula is C15H9N3S2. The van der Waals surface area contributed by atoms with Crippen LogP contribution in [0.25, 0.3) is 22.2 Å². The summed E-state index contributed by atoms with van der Waals surface area (Å²) in [5, 5.41) is 14.0. The van der Waals surface area contributed by atoms with Gasteiger partial charge in [-0.2, -0.15) is 5.26 Å². The van der Waals surface area contributed by atoms with Crippen LogP contribution in [0.3, 0.4) is 0 Å². The Labute approximate surface area is 124 Å². The van der Waals surface area contributed by atoms with Gasteiger partial charge in [0.25, 0.3) is 0 Å². The van der Waals surface area contributed by atoms with Crippen molar-refractivity contribution in [3.8, 4) is 16.6 Å². The van der Waals surface area contributed by atoms with E-state index in [2.05, 4.69) is 16.0 Å². The predicted molar refractivity (Wildman–Crippen MR) is 83.1 cm³/mol. The van der Waals surface area contributed by atoms with E-state index in [9.17, 15) is 5.26 Å². The van der Waals surface area contributed by atoms with E-state index in [1.54, 1.807) is 23.7 Å². The highest BCUT2D eigenvalue weighted by Crippen LogP contribution is 2.29. The third-order valence-corrected chi connectivity index (χ3v) is 4.39. The Morgan fingerprint density at radius 2 is 2.20 bits per heavy atom. The minimum absolute atomic E-state index is 0.561. The first-order valence-electron chi connectivity index (χ1n) is 5.88. The Balaban J connectivity index is 1.95. The number of hydrogen-bond donors (Lipinski definition) is 0. The summed E-state index contributed by atoms with van der Waals surface area (Å²) in [5.74, 6) is 0. The molecule has 3 heterocycles. The first kappa shape index (κ1) is 12.7. The molecule has 0 bridgehead atoms. The Bertz CT molecular complexity index is 765. The van der Waals surface area contributed by atoms with Gasteiger partial charge < -0.3 is 0 Å². The van der Waals surface area contributed by atoms with E-state index in [0.29, 0.717) is 5.57 Å². The summed E-state index contributed by atoms with van der Waals surface area (Å²) in [4.78, 5) is 9.70. The van der Waals surface area contributed by atoms with Crippen molar-refractivity contribution in [3.05, 3.63) is 58.0 Å². The van der Waals surface area contributed by atoms with Crippen molar-refractivity contribution in [2.24, 2.45) is 0 Å². The lowest BCUT2D eigenvalue weighted by atomic mass is 10.2. The molecular weight excluding hydrogens is 286 g/mol. The molecule has 0 radical (unpaired) electrons. The van der Waals surface area contributed by atoms with Gasteiger partial charge in [-0.05, 0) is 29.2 Å². The van der Waals surface area contributed by atoms with Gasteiger partial charge in [0, 0.05) is 17.8 Å². The first-order chi connectivity index (χ1) is 9.86. The number of nitriles is 1. The number of thiazole rings is 1. The van der Waals surface area contributed by atoms with Gasteiger partial charge in [0.15, 0.2) is 0 Å². The molecule has 0 fully saturated rings. The van der Waals surface area contributed by atoms with Gasteiger partial charge in [-0.15, -0.1) is 22.7 Å². The standard InChI is InChI=1S/C15H9N3S2/c16-8-12(7-11-3-1-5-17-9-11)15-18-13(10-20-15)14-4-2-6-19-14/h1-7,9-10H/b12-7+. The van der Waals surface area contributed by atoms with Gasteiger partial charge >= 0.3 is 0 Å². The molecule has 3 aromatic heterocycles. The maximum atomic E-state index is 9.31. The molecule has 20 heavy (non-hydrogen) atoms. The van der Waals surface area contributed by atoms with Crippen molar-refractivity contribution in [2.45, 2.75) is 0 Å². The lowest BCUT2D eigenvalue weighted by Gasteiger charge is -1.94. The zero-order chi connectivity index (χ0) is 13.8. The van der Waals surface area contributed by atoms with E-state index in [1.807, 2.05) is 41.1 Å². The number of rotatable bonds is 3. The molecule has 0 N–H and O–H groups in total. The topological polar surface area (TPSA) is 49.6 Å². The molecule has 5 heteroatoms. The summed E-state index contributed by atoms with van der Waals surface area (Å²) >= 11 is 3.13. The van der Waals surface area contributed by atoms with Gasteiger partial charge in [-0.3, -0.25) is 4.98 Å². The summed E-state index contributed by atoms with van der Waals surface area (Å²) < 4.78 is 0. The molecule has 0 aliphatic carbocycles. The Morgan fingerprint density at radius 1 is 1.25 bits per heavy atom. The molecule has 0 aliphatic heterocycles. The van der Waals surface area contributed by atoms with Gasteiger partial charge in [0.05, 0.1) is 16.1 Å². The van der Waals surface area contributed by atoms with Crippen molar-refractivity contribution in [1.29, 1.82) is 5.26 Å². The van der Waals surface area contributed by atoms with Crippen molar-refractivity contribution in [3.63, 3.8) is 0 Å². The van der Waals surface area contributed by atoms with Crippen molar-refractivity contribution >= 4 is 34.3 Å². The number of hydrogen-bond acceptors (Lipinski definition) is 5. The summed E-state index contributed by atoms with van der Waals surface area (Å²) in [5.41, 5.74) is 2.38. The van der Waals surface area contributed by atoms with Gasteiger partial charge in [-0.25, -0.2) is 4.98 Å². The van der Waals surface area contributed by atoms with Gasteiger partial charge in [0.1, 0.15) is 11.1 Å². The number of thiophene rings is 1. The fraction of sp³-hybridized carbons (Fsp3) is 0. The predicted octanol–water partition coefficient (Wildman–Crippen LogP) is 4.33. The highest BCUT2D eigenvalue weighted by molar-refractivity contribution is 7.14. The van der Waals surface area contributed by atoms with Gasteiger partial charge in [0.2, 0.25) is 0 Å². The highest BCUT2D eigenvalue weighted by Gasteiger charge is 2.09. The van der Waals surface area contributed by atoms with E-state index in [-0.39, 0.29) is 0 Å². The fourth-order valence-corrected chi connectivity index (χ4v) is 3.25. The Kier molecular flexibility index (Phi) is 3.68.